The van der Waals surface area contributed by atoms with E-state index in [9.17, 15) is 5.11 Å². The Morgan fingerprint density at radius 1 is 0.857 bits per heavy atom. The summed E-state index contributed by atoms with van der Waals surface area (Å²) >= 11 is 5.77. The van der Waals surface area contributed by atoms with Crippen LogP contribution in [-0.2, 0) is 15.1 Å². The molecule has 1 N–H and O–H groups in total. The van der Waals surface area contributed by atoms with Gasteiger partial charge in [0.25, 0.3) is 0 Å². The second-order valence-corrected chi connectivity index (χ2v) is 10.6. The highest BCUT2D eigenvalue weighted by atomic mass is 32.1. The predicted octanol–water partition coefficient (Wildman–Crippen LogP) is 6.44. The van der Waals surface area contributed by atoms with Crippen LogP contribution in [0.1, 0.15) is 29.3 Å². The van der Waals surface area contributed by atoms with E-state index in [1.807, 2.05) is 108 Å². The van der Waals surface area contributed by atoms with Gasteiger partial charge >= 0.3 is 0 Å². The van der Waals surface area contributed by atoms with E-state index in [1.165, 1.54) is 0 Å². The molecular formula is C34H32N2O5S. The number of aliphatic hydroxyl groups is 1. The van der Waals surface area contributed by atoms with Crippen molar-refractivity contribution in [3.05, 3.63) is 131 Å². The summed E-state index contributed by atoms with van der Waals surface area (Å²) in [5.74, 6) is 1.49. The van der Waals surface area contributed by atoms with Crippen molar-refractivity contribution < 1.29 is 24.1 Å². The normalized spacial score (nSPS) is 18.7. The zero-order valence-electron chi connectivity index (χ0n) is 23.4. The summed E-state index contributed by atoms with van der Waals surface area (Å²) in [6.45, 7) is 0.132. The Labute approximate surface area is 249 Å². The van der Waals surface area contributed by atoms with Crippen molar-refractivity contribution in [3.8, 4) is 11.5 Å². The van der Waals surface area contributed by atoms with Crippen LogP contribution >= 0.6 is 12.2 Å². The third-order valence-corrected chi connectivity index (χ3v) is 8.28. The Balaban J connectivity index is 1.37. The maximum Gasteiger partial charge on any atom is 0.143 e. The highest BCUT2D eigenvalue weighted by Gasteiger charge is 2.42. The first-order chi connectivity index (χ1) is 20.5. The number of methoxy groups -OCH3 is 2. The first-order valence-electron chi connectivity index (χ1n) is 13.8. The van der Waals surface area contributed by atoms with E-state index in [1.54, 1.807) is 20.4 Å². The van der Waals surface area contributed by atoms with Crippen LogP contribution in [0.15, 0.2) is 109 Å². The van der Waals surface area contributed by atoms with E-state index in [-0.39, 0.29) is 6.61 Å². The van der Waals surface area contributed by atoms with Crippen LogP contribution in [0, 0.1) is 4.64 Å². The van der Waals surface area contributed by atoms with E-state index < -0.39 is 24.0 Å². The summed E-state index contributed by atoms with van der Waals surface area (Å²) in [5, 5.41) is 12.0. The fourth-order valence-electron chi connectivity index (χ4n) is 5.63. The van der Waals surface area contributed by atoms with Crippen molar-refractivity contribution >= 4 is 23.1 Å². The molecule has 1 saturated heterocycles. The van der Waals surface area contributed by atoms with Crippen LogP contribution in [-0.4, -0.2) is 47.7 Å². The summed E-state index contributed by atoms with van der Waals surface area (Å²) in [5.41, 5.74) is 2.57. The molecule has 0 unspecified atom stereocenters. The number of benzene rings is 3. The highest BCUT2D eigenvalue weighted by molar-refractivity contribution is 7.71. The van der Waals surface area contributed by atoms with Crippen molar-refractivity contribution in [2.75, 3.05) is 20.8 Å². The smallest absolute Gasteiger partial charge is 0.143 e. The van der Waals surface area contributed by atoms with Crippen molar-refractivity contribution in [3.63, 3.8) is 0 Å². The molecule has 0 bridgehead atoms. The van der Waals surface area contributed by atoms with Crippen LogP contribution < -0.4 is 9.47 Å². The molecule has 1 fully saturated rings. The molecule has 2 aromatic heterocycles. The van der Waals surface area contributed by atoms with E-state index in [4.69, 9.17) is 31.2 Å². The molecule has 5 aromatic rings. The third-order valence-electron chi connectivity index (χ3n) is 7.85. The van der Waals surface area contributed by atoms with Crippen LogP contribution in [0.25, 0.3) is 10.9 Å². The number of hydrogen-bond donors (Lipinski definition) is 1. The number of ether oxygens (including phenoxy) is 4. The summed E-state index contributed by atoms with van der Waals surface area (Å²) in [4.78, 5) is 4.40. The van der Waals surface area contributed by atoms with Gasteiger partial charge in [0.2, 0.25) is 0 Å². The van der Waals surface area contributed by atoms with Crippen molar-refractivity contribution in [1.29, 1.82) is 0 Å². The van der Waals surface area contributed by atoms with Gasteiger partial charge in [-0.15, -0.1) is 0 Å². The van der Waals surface area contributed by atoms with E-state index in [0.717, 1.165) is 39.1 Å². The Hall–Kier alpha value is -4.08. The Morgan fingerprint density at radius 3 is 2.10 bits per heavy atom. The number of aromatic nitrogens is 2. The lowest BCUT2D eigenvalue weighted by Gasteiger charge is -2.37. The Kier molecular flexibility index (Phi) is 8.04. The lowest BCUT2D eigenvalue weighted by Crippen LogP contribution is -2.38. The molecule has 3 aromatic carbocycles. The number of aliphatic hydroxyl groups excluding tert-OH is 1. The molecule has 0 amide bonds. The first kappa shape index (κ1) is 28.1. The van der Waals surface area contributed by atoms with Gasteiger partial charge < -0.3 is 28.6 Å². The standard InChI is InChI=1S/C34H32N2O5S/c1-38-26-14-10-24(11-15-26)34(23-7-4-3-5-8-23,25-12-16-27(39-2)17-13-25)40-22-31-30(37)21-32(41-31)36-20-18-29-28(33(36)42)9-6-19-35-29/h3-20,30-32,37H,21-22H2,1-2H3/t30-,31+,32+/m0/s1. The van der Waals surface area contributed by atoms with E-state index >= 15 is 0 Å². The number of nitrogens with zero attached hydrogens (tertiary/aromatic N) is 2. The molecule has 6 rings (SSSR count). The van der Waals surface area contributed by atoms with E-state index in [0.29, 0.717) is 11.1 Å². The van der Waals surface area contributed by atoms with Crippen LogP contribution in [0.5, 0.6) is 11.5 Å². The highest BCUT2D eigenvalue weighted by Crippen LogP contribution is 2.43. The molecule has 0 radical (unpaired) electrons. The van der Waals surface area contributed by atoms with Gasteiger partial charge in [-0.05, 0) is 59.2 Å². The van der Waals surface area contributed by atoms with E-state index in [2.05, 4.69) is 4.98 Å². The van der Waals surface area contributed by atoms with Crippen molar-refractivity contribution in [2.45, 2.75) is 30.5 Å². The zero-order valence-corrected chi connectivity index (χ0v) is 24.2. The Bertz CT molecular complexity index is 1660. The fourth-order valence-corrected chi connectivity index (χ4v) is 5.98. The molecular weight excluding hydrogens is 548 g/mol. The van der Waals surface area contributed by atoms with Crippen molar-refractivity contribution in [1.82, 2.24) is 9.55 Å². The minimum Gasteiger partial charge on any atom is -0.497 e. The average Bonchev–Trinajstić information content (AvgIpc) is 3.42. The maximum absolute atomic E-state index is 11.2. The van der Waals surface area contributed by atoms with Crippen LogP contribution in [0.3, 0.4) is 0 Å². The fraction of sp³-hybridized carbons (Fsp3) is 0.235. The molecule has 1 aliphatic heterocycles. The molecule has 1 aliphatic rings. The molecule has 8 heteroatoms. The largest absolute Gasteiger partial charge is 0.497 e. The second kappa shape index (κ2) is 12.0. The quantitative estimate of drug-likeness (QED) is 0.159. The maximum atomic E-state index is 11.2. The molecule has 214 valence electrons. The topological polar surface area (TPSA) is 75.0 Å². The molecule has 3 heterocycles. The van der Waals surface area contributed by atoms with Gasteiger partial charge in [0, 0.05) is 24.2 Å². The predicted molar refractivity (Wildman–Crippen MR) is 163 cm³/mol. The molecule has 7 nitrogen and oxygen atoms in total. The molecule has 0 saturated carbocycles. The first-order valence-corrected chi connectivity index (χ1v) is 14.2. The Morgan fingerprint density at radius 2 is 1.48 bits per heavy atom. The minimum atomic E-state index is -1.01. The van der Waals surface area contributed by atoms with Gasteiger partial charge in [-0.2, -0.15) is 0 Å². The lowest BCUT2D eigenvalue weighted by molar-refractivity contribution is -0.0938. The minimum absolute atomic E-state index is 0.132. The monoisotopic (exact) mass is 580 g/mol. The second-order valence-electron chi connectivity index (χ2n) is 10.2. The van der Waals surface area contributed by atoms with Gasteiger partial charge in [0.15, 0.2) is 0 Å². The SMILES string of the molecule is COc1ccc(C(OC[C@H]2O[C@@H](n3ccc4ncccc4c3=S)C[C@@H]2O)(c2ccccc2)c2ccc(OC)cc2)cc1. The van der Waals surface area contributed by atoms with Crippen molar-refractivity contribution in [2.24, 2.45) is 0 Å². The summed E-state index contributed by atoms with van der Waals surface area (Å²) in [7, 11) is 3.29. The molecule has 0 spiro atoms. The zero-order chi connectivity index (χ0) is 29.1. The molecule has 42 heavy (non-hydrogen) atoms. The van der Waals surface area contributed by atoms with Gasteiger partial charge in [-0.3, -0.25) is 4.98 Å². The lowest BCUT2D eigenvalue weighted by atomic mass is 9.80. The van der Waals surface area contributed by atoms with Gasteiger partial charge in [0.1, 0.15) is 34.1 Å². The third kappa shape index (κ3) is 5.18. The average molecular weight is 581 g/mol. The van der Waals surface area contributed by atoms with Crippen LogP contribution in [0.4, 0.5) is 0 Å². The number of hydrogen-bond acceptors (Lipinski definition) is 7. The van der Waals surface area contributed by atoms with Gasteiger partial charge in [0.05, 0.1) is 32.4 Å². The summed E-state index contributed by atoms with van der Waals surface area (Å²) in [6.07, 6.45) is 2.25. The number of pyridine rings is 2. The van der Waals surface area contributed by atoms with Gasteiger partial charge in [-0.25, -0.2) is 0 Å². The molecule has 3 atom stereocenters. The van der Waals surface area contributed by atoms with Gasteiger partial charge in [-0.1, -0.05) is 66.8 Å². The number of fused-ring (bicyclic) bond motifs is 1. The van der Waals surface area contributed by atoms with Crippen LogP contribution in [0.2, 0.25) is 0 Å². The number of rotatable bonds is 9. The molecule has 0 aliphatic carbocycles. The summed E-state index contributed by atoms with van der Waals surface area (Å²) in [6, 6.07) is 31.5. The summed E-state index contributed by atoms with van der Waals surface area (Å²) < 4.78 is 26.8.